The number of rotatable bonds is 2. The van der Waals surface area contributed by atoms with Crippen molar-refractivity contribution in [2.45, 2.75) is 13.3 Å². The highest BCUT2D eigenvalue weighted by molar-refractivity contribution is 7.15. The zero-order valence-electron chi connectivity index (χ0n) is 7.54. The first kappa shape index (κ1) is 9.48. The van der Waals surface area contributed by atoms with Crippen LogP contribution in [0.25, 0.3) is 11.4 Å². The third kappa shape index (κ3) is 1.49. The van der Waals surface area contributed by atoms with E-state index in [1.54, 1.807) is 5.38 Å². The quantitative estimate of drug-likeness (QED) is 0.829. The molecule has 0 atom stereocenters. The average Bonchev–Trinajstić information content (AvgIpc) is 2.73. The van der Waals surface area contributed by atoms with Gasteiger partial charge in [0.1, 0.15) is 0 Å². The maximum absolute atomic E-state index is 5.97. The number of aromatic amines is 1. The van der Waals surface area contributed by atoms with Gasteiger partial charge in [-0.25, -0.2) is 4.98 Å². The summed E-state index contributed by atoms with van der Waals surface area (Å²) in [7, 11) is 0. The van der Waals surface area contributed by atoms with Crippen LogP contribution in [-0.2, 0) is 6.42 Å². The van der Waals surface area contributed by atoms with Gasteiger partial charge in [0.05, 0.1) is 15.6 Å². The van der Waals surface area contributed by atoms with Crippen molar-refractivity contribution in [3.63, 3.8) is 0 Å². The lowest BCUT2D eigenvalue weighted by Gasteiger charge is -1.93. The van der Waals surface area contributed by atoms with Crippen LogP contribution >= 0.6 is 22.9 Å². The summed E-state index contributed by atoms with van der Waals surface area (Å²) in [6, 6.07) is 0. The molecule has 2 aromatic rings. The molecule has 0 aliphatic heterocycles. The van der Waals surface area contributed by atoms with E-state index in [2.05, 4.69) is 15.2 Å². The normalized spacial score (nSPS) is 10.7. The van der Waals surface area contributed by atoms with Crippen LogP contribution in [0.5, 0.6) is 0 Å². The topological polar surface area (TPSA) is 67.6 Å². The summed E-state index contributed by atoms with van der Waals surface area (Å²) in [5.74, 6) is 1.41. The second-order valence-electron chi connectivity index (χ2n) is 2.78. The molecule has 0 unspecified atom stereocenters. The van der Waals surface area contributed by atoms with Gasteiger partial charge in [0.25, 0.3) is 0 Å². The minimum Gasteiger partial charge on any atom is -0.390 e. The lowest BCUT2D eigenvalue weighted by atomic mass is 10.3. The van der Waals surface area contributed by atoms with Crippen LogP contribution in [0, 0.1) is 0 Å². The van der Waals surface area contributed by atoms with Crippen molar-refractivity contribution in [1.82, 2.24) is 15.2 Å². The van der Waals surface area contributed by atoms with E-state index < -0.39 is 0 Å². The van der Waals surface area contributed by atoms with Crippen molar-refractivity contribution in [3.8, 4) is 11.4 Å². The fourth-order valence-electron chi connectivity index (χ4n) is 1.15. The summed E-state index contributed by atoms with van der Waals surface area (Å²) in [6.07, 6.45) is 0.790. The molecular weight excluding hydrogens is 220 g/mol. The number of halogens is 1. The number of nitrogens with zero attached hydrogens (tertiary/aromatic N) is 2. The first-order valence-corrected chi connectivity index (χ1v) is 5.42. The summed E-state index contributed by atoms with van der Waals surface area (Å²) in [4.78, 5) is 4.27. The summed E-state index contributed by atoms with van der Waals surface area (Å²) in [6.45, 7) is 1.99. The monoisotopic (exact) mass is 228 g/mol. The molecule has 2 rings (SSSR count). The van der Waals surface area contributed by atoms with Gasteiger partial charge in [-0.3, -0.25) is 5.10 Å². The van der Waals surface area contributed by atoms with Crippen molar-refractivity contribution in [2.75, 3.05) is 5.73 Å². The van der Waals surface area contributed by atoms with Crippen molar-refractivity contribution in [3.05, 3.63) is 16.2 Å². The highest BCUT2D eigenvalue weighted by atomic mass is 35.5. The maximum atomic E-state index is 5.97. The van der Waals surface area contributed by atoms with E-state index in [1.807, 2.05) is 6.92 Å². The largest absolute Gasteiger partial charge is 0.390 e. The zero-order chi connectivity index (χ0) is 10.1. The molecule has 0 aromatic carbocycles. The lowest BCUT2D eigenvalue weighted by Crippen LogP contribution is -1.86. The minimum absolute atomic E-state index is 0.617. The van der Waals surface area contributed by atoms with Gasteiger partial charge < -0.3 is 5.73 Å². The fourth-order valence-corrected chi connectivity index (χ4v) is 2.20. The highest BCUT2D eigenvalue weighted by Crippen LogP contribution is 2.36. The van der Waals surface area contributed by atoms with Gasteiger partial charge in [-0.2, -0.15) is 5.10 Å². The molecule has 0 saturated carbocycles. The van der Waals surface area contributed by atoms with E-state index in [0.29, 0.717) is 15.8 Å². The van der Waals surface area contributed by atoms with E-state index >= 15 is 0 Å². The Labute approximate surface area is 90.1 Å². The molecule has 0 radical (unpaired) electrons. The molecule has 6 heteroatoms. The second kappa shape index (κ2) is 3.59. The molecule has 0 amide bonds. The van der Waals surface area contributed by atoms with Crippen LogP contribution in [0.15, 0.2) is 5.38 Å². The number of hydrogen-bond donors (Lipinski definition) is 2. The molecule has 0 fully saturated rings. The van der Waals surface area contributed by atoms with Gasteiger partial charge >= 0.3 is 0 Å². The van der Waals surface area contributed by atoms with Crippen LogP contribution < -0.4 is 5.73 Å². The van der Waals surface area contributed by atoms with Crippen molar-refractivity contribution in [1.29, 1.82) is 0 Å². The number of H-pyrrole nitrogens is 1. The van der Waals surface area contributed by atoms with Crippen LogP contribution in [-0.4, -0.2) is 15.2 Å². The van der Waals surface area contributed by atoms with Crippen molar-refractivity contribution >= 4 is 27.9 Å². The van der Waals surface area contributed by atoms with Crippen molar-refractivity contribution < 1.29 is 0 Å². The van der Waals surface area contributed by atoms with Crippen LogP contribution in [0.2, 0.25) is 5.02 Å². The average molecular weight is 229 g/mol. The molecule has 4 nitrogen and oxygen atoms in total. The van der Waals surface area contributed by atoms with Gasteiger partial charge in [-0.15, -0.1) is 11.3 Å². The van der Waals surface area contributed by atoms with Crippen LogP contribution in [0.3, 0.4) is 0 Å². The van der Waals surface area contributed by atoms with Gasteiger partial charge in [0.2, 0.25) is 0 Å². The summed E-state index contributed by atoms with van der Waals surface area (Å²) < 4.78 is 0. The lowest BCUT2D eigenvalue weighted by molar-refractivity contribution is 0.946. The Morgan fingerprint density at radius 1 is 1.64 bits per heavy atom. The molecule has 2 heterocycles. The Hall–Kier alpha value is -1.07. The molecule has 0 aliphatic carbocycles. The number of hydrogen-bond acceptors (Lipinski definition) is 4. The molecule has 0 bridgehead atoms. The summed E-state index contributed by atoms with van der Waals surface area (Å²) >= 11 is 7.38. The van der Waals surface area contributed by atoms with E-state index in [9.17, 15) is 0 Å². The van der Waals surface area contributed by atoms with Gasteiger partial charge in [-0.1, -0.05) is 18.5 Å². The smallest absolute Gasteiger partial charge is 0.160 e. The van der Waals surface area contributed by atoms with Crippen LogP contribution in [0.4, 0.5) is 5.00 Å². The molecule has 2 aromatic heterocycles. The summed E-state index contributed by atoms with van der Waals surface area (Å²) in [5.41, 5.74) is 6.52. The molecule has 74 valence electrons. The number of thiophene rings is 1. The van der Waals surface area contributed by atoms with E-state index in [0.717, 1.165) is 17.8 Å². The predicted molar refractivity (Wildman–Crippen MR) is 58.5 cm³/mol. The highest BCUT2D eigenvalue weighted by Gasteiger charge is 2.13. The molecule has 3 N–H and O–H groups in total. The van der Waals surface area contributed by atoms with Gasteiger partial charge in [-0.05, 0) is 0 Å². The molecular formula is C8H9ClN4S. The third-order valence-electron chi connectivity index (χ3n) is 1.86. The maximum Gasteiger partial charge on any atom is 0.160 e. The molecule has 14 heavy (non-hydrogen) atoms. The number of aromatic nitrogens is 3. The number of anilines is 1. The van der Waals surface area contributed by atoms with Crippen molar-refractivity contribution in [2.24, 2.45) is 0 Å². The second-order valence-corrected chi connectivity index (χ2v) is 4.10. The molecule has 0 saturated heterocycles. The Morgan fingerprint density at radius 3 is 2.93 bits per heavy atom. The van der Waals surface area contributed by atoms with E-state index in [1.165, 1.54) is 11.3 Å². The van der Waals surface area contributed by atoms with E-state index in [4.69, 9.17) is 17.3 Å². The number of nitrogen functional groups attached to an aromatic ring is 1. The molecule has 0 aliphatic rings. The molecule has 0 spiro atoms. The number of nitrogens with two attached hydrogens (primary N) is 1. The Balaban J connectivity index is 2.48. The Morgan fingerprint density at radius 2 is 2.43 bits per heavy atom. The van der Waals surface area contributed by atoms with Crippen LogP contribution in [0.1, 0.15) is 12.7 Å². The Bertz CT molecular complexity index is 428. The minimum atomic E-state index is 0.617. The fraction of sp³-hybridized carbons (Fsp3) is 0.250. The SMILES string of the molecule is CCc1n[nH]c(-c2c(Cl)csc2N)n1. The predicted octanol–water partition coefficient (Wildman–Crippen LogP) is 2.33. The zero-order valence-corrected chi connectivity index (χ0v) is 9.11. The standard InChI is InChI=1S/C8H9ClN4S/c1-2-5-11-8(13-12-5)6-4(9)3-14-7(6)10/h3H,2,10H2,1H3,(H,11,12,13). The number of aryl methyl sites for hydroxylation is 1. The van der Waals surface area contributed by atoms with Gasteiger partial charge in [0, 0.05) is 11.8 Å². The first-order valence-electron chi connectivity index (χ1n) is 4.16. The van der Waals surface area contributed by atoms with E-state index in [-0.39, 0.29) is 0 Å². The number of nitrogens with one attached hydrogen (secondary N) is 1. The van der Waals surface area contributed by atoms with Gasteiger partial charge in [0.15, 0.2) is 11.6 Å². The first-order chi connectivity index (χ1) is 6.72. The Kier molecular flexibility index (Phi) is 2.43. The summed E-state index contributed by atoms with van der Waals surface area (Å²) in [5, 5.41) is 9.92. The third-order valence-corrected chi connectivity index (χ3v) is 3.10.